The molecule has 0 aliphatic rings. The Labute approximate surface area is 138 Å². The van der Waals surface area contributed by atoms with Gasteiger partial charge < -0.3 is 10.1 Å². The largest absolute Gasteiger partial charge is 0.495 e. The van der Waals surface area contributed by atoms with E-state index in [0.29, 0.717) is 30.8 Å². The highest BCUT2D eigenvalue weighted by atomic mass is 32.2. The molecule has 1 aromatic rings. The van der Waals surface area contributed by atoms with Gasteiger partial charge >= 0.3 is 0 Å². The summed E-state index contributed by atoms with van der Waals surface area (Å²) in [5.74, 6) is 0.241. The van der Waals surface area contributed by atoms with Crippen LogP contribution in [-0.4, -0.2) is 44.6 Å². The standard InChI is InChI=1S/C16H26N2O4S/c1-4-6-12-23(20,21)18(11-5-2)13-16(19)17-14-9-7-8-10-15(14)22-3/h7-10H,4-6,11-13H2,1-3H3,(H,17,19). The molecular formula is C16H26N2O4S. The summed E-state index contributed by atoms with van der Waals surface area (Å²) < 4.78 is 31.1. The van der Waals surface area contributed by atoms with Crippen molar-refractivity contribution in [2.45, 2.75) is 33.1 Å². The van der Waals surface area contributed by atoms with Crippen LogP contribution in [0.3, 0.4) is 0 Å². The number of ether oxygens (including phenoxy) is 1. The maximum atomic E-state index is 12.3. The summed E-state index contributed by atoms with van der Waals surface area (Å²) in [6.45, 7) is 3.98. The predicted octanol–water partition coefficient (Wildman–Crippen LogP) is 2.48. The number of para-hydroxylation sites is 2. The van der Waals surface area contributed by atoms with Crippen LogP contribution in [0, 0.1) is 0 Å². The van der Waals surface area contributed by atoms with E-state index in [2.05, 4.69) is 5.32 Å². The lowest BCUT2D eigenvalue weighted by Gasteiger charge is -2.21. The number of anilines is 1. The highest BCUT2D eigenvalue weighted by Crippen LogP contribution is 2.23. The molecular weight excluding hydrogens is 316 g/mol. The number of nitrogens with one attached hydrogen (secondary N) is 1. The first-order valence-electron chi connectivity index (χ1n) is 7.85. The van der Waals surface area contributed by atoms with Crippen molar-refractivity contribution in [2.75, 3.05) is 31.3 Å². The summed E-state index contributed by atoms with van der Waals surface area (Å²) in [6.07, 6.45) is 2.05. The third kappa shape index (κ3) is 6.19. The van der Waals surface area contributed by atoms with Crippen molar-refractivity contribution < 1.29 is 17.9 Å². The van der Waals surface area contributed by atoms with Crippen molar-refractivity contribution >= 4 is 21.6 Å². The second kappa shape index (κ2) is 9.52. The highest BCUT2D eigenvalue weighted by molar-refractivity contribution is 7.89. The molecule has 1 aromatic carbocycles. The minimum absolute atomic E-state index is 0.0748. The predicted molar refractivity (Wildman–Crippen MR) is 92.2 cm³/mol. The maximum absolute atomic E-state index is 12.3. The summed E-state index contributed by atoms with van der Waals surface area (Å²) in [7, 11) is -1.89. The number of amides is 1. The molecule has 6 nitrogen and oxygen atoms in total. The van der Waals surface area contributed by atoms with Crippen molar-refractivity contribution in [1.82, 2.24) is 4.31 Å². The van der Waals surface area contributed by atoms with Gasteiger partial charge in [0, 0.05) is 6.54 Å². The van der Waals surface area contributed by atoms with Crippen LogP contribution >= 0.6 is 0 Å². The van der Waals surface area contributed by atoms with E-state index in [1.807, 2.05) is 13.8 Å². The van der Waals surface area contributed by atoms with Crippen molar-refractivity contribution in [2.24, 2.45) is 0 Å². The van der Waals surface area contributed by atoms with Gasteiger partial charge in [0.05, 0.1) is 25.1 Å². The van der Waals surface area contributed by atoms with Crippen molar-refractivity contribution in [3.63, 3.8) is 0 Å². The Kier molecular flexibility index (Phi) is 8.05. The molecule has 23 heavy (non-hydrogen) atoms. The molecule has 0 aromatic heterocycles. The van der Waals surface area contributed by atoms with Crippen LogP contribution in [0.5, 0.6) is 5.75 Å². The fourth-order valence-electron chi connectivity index (χ4n) is 2.12. The number of carbonyl (C=O) groups is 1. The fourth-order valence-corrected chi connectivity index (χ4v) is 3.81. The molecule has 0 unspecified atom stereocenters. The van der Waals surface area contributed by atoms with Gasteiger partial charge in [-0.1, -0.05) is 32.4 Å². The molecule has 0 atom stereocenters. The van der Waals surface area contributed by atoms with Crippen molar-refractivity contribution in [3.8, 4) is 5.75 Å². The van der Waals surface area contributed by atoms with Crippen LogP contribution in [0.1, 0.15) is 33.1 Å². The molecule has 130 valence electrons. The number of hydrogen-bond donors (Lipinski definition) is 1. The molecule has 0 fully saturated rings. The first-order chi connectivity index (χ1) is 10.9. The molecule has 0 aliphatic heterocycles. The lowest BCUT2D eigenvalue weighted by Crippen LogP contribution is -2.39. The molecule has 1 amide bonds. The van der Waals surface area contributed by atoms with Crippen LogP contribution in [0.4, 0.5) is 5.69 Å². The number of methoxy groups -OCH3 is 1. The second-order valence-corrected chi connectivity index (χ2v) is 7.34. The number of rotatable bonds is 10. The number of unbranched alkanes of at least 4 members (excludes halogenated alkanes) is 1. The topological polar surface area (TPSA) is 75.7 Å². The number of sulfonamides is 1. The third-order valence-corrected chi connectivity index (χ3v) is 5.23. The molecule has 0 aliphatic carbocycles. The van der Waals surface area contributed by atoms with Gasteiger partial charge in [0.1, 0.15) is 5.75 Å². The summed E-state index contributed by atoms with van der Waals surface area (Å²) in [4.78, 5) is 12.2. The molecule has 0 radical (unpaired) electrons. The van der Waals surface area contributed by atoms with Gasteiger partial charge in [-0.3, -0.25) is 4.79 Å². The van der Waals surface area contributed by atoms with Crippen molar-refractivity contribution in [3.05, 3.63) is 24.3 Å². The summed E-state index contributed by atoms with van der Waals surface area (Å²) >= 11 is 0. The smallest absolute Gasteiger partial charge is 0.239 e. The number of hydrogen-bond acceptors (Lipinski definition) is 4. The lowest BCUT2D eigenvalue weighted by atomic mass is 10.3. The van der Waals surface area contributed by atoms with Gasteiger partial charge in [-0.15, -0.1) is 0 Å². The average molecular weight is 342 g/mol. The van der Waals surface area contributed by atoms with E-state index in [0.717, 1.165) is 6.42 Å². The van der Waals surface area contributed by atoms with E-state index in [9.17, 15) is 13.2 Å². The summed E-state index contributed by atoms with van der Waals surface area (Å²) in [5, 5.41) is 2.71. The van der Waals surface area contributed by atoms with E-state index in [-0.39, 0.29) is 18.2 Å². The second-order valence-electron chi connectivity index (χ2n) is 5.25. The zero-order valence-electron chi connectivity index (χ0n) is 14.0. The van der Waals surface area contributed by atoms with Gasteiger partial charge in [0.15, 0.2) is 0 Å². The average Bonchev–Trinajstić information content (AvgIpc) is 2.53. The van der Waals surface area contributed by atoms with E-state index in [1.54, 1.807) is 24.3 Å². The van der Waals surface area contributed by atoms with Gasteiger partial charge in [0.2, 0.25) is 15.9 Å². The van der Waals surface area contributed by atoms with Gasteiger partial charge in [-0.25, -0.2) is 8.42 Å². The Morgan fingerprint density at radius 2 is 1.91 bits per heavy atom. The zero-order valence-corrected chi connectivity index (χ0v) is 14.9. The van der Waals surface area contributed by atoms with Gasteiger partial charge in [-0.2, -0.15) is 4.31 Å². The summed E-state index contributed by atoms with van der Waals surface area (Å²) in [5.41, 5.74) is 0.530. The monoisotopic (exact) mass is 342 g/mol. The Hall–Kier alpha value is -1.60. The van der Waals surface area contributed by atoms with Crippen molar-refractivity contribution in [1.29, 1.82) is 0 Å². The molecule has 0 heterocycles. The van der Waals surface area contributed by atoms with E-state index in [4.69, 9.17) is 4.74 Å². The minimum atomic E-state index is -3.41. The molecule has 1 N–H and O–H groups in total. The molecule has 0 spiro atoms. The molecule has 0 bridgehead atoms. The fraction of sp³-hybridized carbons (Fsp3) is 0.562. The van der Waals surface area contributed by atoms with Crippen LogP contribution < -0.4 is 10.1 Å². The molecule has 0 saturated carbocycles. The van der Waals surface area contributed by atoms with E-state index in [1.165, 1.54) is 11.4 Å². The Bertz CT molecular complexity index is 602. The minimum Gasteiger partial charge on any atom is -0.495 e. The number of benzene rings is 1. The number of carbonyl (C=O) groups excluding carboxylic acids is 1. The van der Waals surface area contributed by atoms with Crippen LogP contribution in [-0.2, 0) is 14.8 Å². The van der Waals surface area contributed by atoms with Gasteiger partial charge in [-0.05, 0) is 25.0 Å². The van der Waals surface area contributed by atoms with E-state index >= 15 is 0 Å². The zero-order chi connectivity index (χ0) is 17.3. The normalized spacial score (nSPS) is 11.5. The first kappa shape index (κ1) is 19.4. The summed E-state index contributed by atoms with van der Waals surface area (Å²) in [6, 6.07) is 7.02. The van der Waals surface area contributed by atoms with E-state index < -0.39 is 10.0 Å². The van der Waals surface area contributed by atoms with Gasteiger partial charge in [0.25, 0.3) is 0 Å². The third-order valence-electron chi connectivity index (χ3n) is 3.32. The SMILES string of the molecule is CCCCS(=O)(=O)N(CCC)CC(=O)Nc1ccccc1OC. The van der Waals surface area contributed by atoms with Crippen LogP contribution in [0.15, 0.2) is 24.3 Å². The maximum Gasteiger partial charge on any atom is 0.239 e. The highest BCUT2D eigenvalue weighted by Gasteiger charge is 2.23. The van der Waals surface area contributed by atoms with Crippen LogP contribution in [0.2, 0.25) is 0 Å². The Morgan fingerprint density at radius 1 is 1.22 bits per heavy atom. The Balaban J connectivity index is 2.78. The lowest BCUT2D eigenvalue weighted by molar-refractivity contribution is -0.116. The number of nitrogens with zero attached hydrogens (tertiary/aromatic N) is 1. The molecule has 1 rings (SSSR count). The first-order valence-corrected chi connectivity index (χ1v) is 9.46. The molecule has 7 heteroatoms. The van der Waals surface area contributed by atoms with Crippen LogP contribution in [0.25, 0.3) is 0 Å². The quantitative estimate of drug-likeness (QED) is 0.709. The molecule has 0 saturated heterocycles. The Morgan fingerprint density at radius 3 is 2.52 bits per heavy atom.